The molecule has 1 aromatic carbocycles. The highest BCUT2D eigenvalue weighted by Gasteiger charge is 2.30. The van der Waals surface area contributed by atoms with E-state index in [1.807, 2.05) is 0 Å². The molecule has 0 saturated carbocycles. The number of carbonyl (C=O) groups excluding carboxylic acids is 1. The third-order valence-electron chi connectivity index (χ3n) is 4.35. The molecule has 4 heteroatoms. The Bertz CT molecular complexity index is 476. The summed E-state index contributed by atoms with van der Waals surface area (Å²) in [5.41, 5.74) is 1.86. The average Bonchev–Trinajstić information content (AvgIpc) is 2.93. The van der Waals surface area contributed by atoms with E-state index in [0.29, 0.717) is 31.8 Å². The van der Waals surface area contributed by atoms with Crippen LogP contribution in [0.4, 0.5) is 0 Å². The molecule has 22 heavy (non-hydrogen) atoms. The standard InChI is InChI=1S/C18H28N2O2/c1-14(2)16-8-6-15(7-9-16)4-3-5-17(21)20-13-18(22)10-11-19-12-18/h6-9,14,19,22H,3-5,10-13H2,1-2H3,(H,20,21)/t18-/m0/s1. The van der Waals surface area contributed by atoms with Crippen molar-refractivity contribution in [1.29, 1.82) is 0 Å². The Labute approximate surface area is 133 Å². The van der Waals surface area contributed by atoms with Gasteiger partial charge in [-0.25, -0.2) is 0 Å². The number of hydrogen-bond acceptors (Lipinski definition) is 3. The second-order valence-electron chi connectivity index (χ2n) is 6.68. The van der Waals surface area contributed by atoms with Crippen molar-refractivity contribution < 1.29 is 9.90 Å². The van der Waals surface area contributed by atoms with E-state index in [1.54, 1.807) is 0 Å². The number of hydrogen-bond donors (Lipinski definition) is 3. The van der Waals surface area contributed by atoms with Crippen molar-refractivity contribution in [3.05, 3.63) is 35.4 Å². The van der Waals surface area contributed by atoms with E-state index in [-0.39, 0.29) is 5.91 Å². The van der Waals surface area contributed by atoms with Crippen molar-refractivity contribution in [1.82, 2.24) is 10.6 Å². The second-order valence-corrected chi connectivity index (χ2v) is 6.68. The van der Waals surface area contributed by atoms with Gasteiger partial charge in [-0.2, -0.15) is 0 Å². The predicted octanol–water partition coefficient (Wildman–Crippen LogP) is 1.97. The molecular weight excluding hydrogens is 276 g/mol. The lowest BCUT2D eigenvalue weighted by Gasteiger charge is -2.21. The van der Waals surface area contributed by atoms with Gasteiger partial charge in [0.15, 0.2) is 0 Å². The Morgan fingerprint density at radius 2 is 2.09 bits per heavy atom. The summed E-state index contributed by atoms with van der Waals surface area (Å²) in [6, 6.07) is 8.64. The van der Waals surface area contributed by atoms with Crippen LogP contribution in [-0.4, -0.2) is 36.2 Å². The van der Waals surface area contributed by atoms with Crippen molar-refractivity contribution in [2.75, 3.05) is 19.6 Å². The topological polar surface area (TPSA) is 61.4 Å². The van der Waals surface area contributed by atoms with Crippen molar-refractivity contribution >= 4 is 5.91 Å². The normalized spacial score (nSPS) is 21.3. The smallest absolute Gasteiger partial charge is 0.220 e. The fourth-order valence-corrected chi connectivity index (χ4v) is 2.76. The fraction of sp³-hybridized carbons (Fsp3) is 0.611. The van der Waals surface area contributed by atoms with Crippen LogP contribution in [0.5, 0.6) is 0 Å². The molecule has 0 unspecified atom stereocenters. The molecule has 122 valence electrons. The van der Waals surface area contributed by atoms with Crippen LogP contribution in [0.2, 0.25) is 0 Å². The molecule has 4 nitrogen and oxygen atoms in total. The largest absolute Gasteiger partial charge is 0.387 e. The Morgan fingerprint density at radius 1 is 1.36 bits per heavy atom. The molecule has 0 spiro atoms. The van der Waals surface area contributed by atoms with Gasteiger partial charge in [0, 0.05) is 19.5 Å². The first kappa shape index (κ1) is 17.0. The van der Waals surface area contributed by atoms with Crippen LogP contribution in [0.25, 0.3) is 0 Å². The summed E-state index contributed by atoms with van der Waals surface area (Å²) in [4.78, 5) is 11.8. The first-order valence-electron chi connectivity index (χ1n) is 8.27. The number of carbonyl (C=O) groups is 1. The summed E-state index contributed by atoms with van der Waals surface area (Å²) in [7, 11) is 0. The monoisotopic (exact) mass is 304 g/mol. The maximum absolute atomic E-state index is 11.8. The Balaban J connectivity index is 1.66. The Hall–Kier alpha value is -1.39. The molecule has 0 radical (unpaired) electrons. The number of nitrogens with one attached hydrogen (secondary N) is 2. The van der Waals surface area contributed by atoms with Crippen LogP contribution in [-0.2, 0) is 11.2 Å². The minimum Gasteiger partial charge on any atom is -0.387 e. The molecule has 1 aliphatic rings. The molecular formula is C18H28N2O2. The van der Waals surface area contributed by atoms with Crippen LogP contribution in [0.3, 0.4) is 0 Å². The molecule has 1 atom stereocenters. The minimum atomic E-state index is -0.762. The first-order chi connectivity index (χ1) is 10.5. The van der Waals surface area contributed by atoms with Gasteiger partial charge in [-0.15, -0.1) is 0 Å². The van der Waals surface area contributed by atoms with Gasteiger partial charge in [-0.1, -0.05) is 38.1 Å². The molecule has 0 aliphatic carbocycles. The summed E-state index contributed by atoms with van der Waals surface area (Å²) < 4.78 is 0. The number of amides is 1. The highest BCUT2D eigenvalue weighted by Crippen LogP contribution is 2.16. The van der Waals surface area contributed by atoms with Crippen molar-refractivity contribution in [3.8, 4) is 0 Å². The lowest BCUT2D eigenvalue weighted by molar-refractivity contribution is -0.122. The second kappa shape index (κ2) is 7.75. The van der Waals surface area contributed by atoms with E-state index in [4.69, 9.17) is 0 Å². The number of aryl methyl sites for hydroxylation is 1. The number of rotatable bonds is 7. The zero-order valence-corrected chi connectivity index (χ0v) is 13.7. The van der Waals surface area contributed by atoms with Gasteiger partial charge in [0.05, 0.1) is 5.60 Å². The van der Waals surface area contributed by atoms with Gasteiger partial charge >= 0.3 is 0 Å². The number of benzene rings is 1. The van der Waals surface area contributed by atoms with E-state index < -0.39 is 5.60 Å². The highest BCUT2D eigenvalue weighted by molar-refractivity contribution is 5.75. The van der Waals surface area contributed by atoms with E-state index in [9.17, 15) is 9.90 Å². The predicted molar refractivity (Wildman–Crippen MR) is 88.9 cm³/mol. The van der Waals surface area contributed by atoms with Crippen LogP contribution in [0.15, 0.2) is 24.3 Å². The third kappa shape index (κ3) is 5.11. The Morgan fingerprint density at radius 3 is 2.68 bits per heavy atom. The van der Waals surface area contributed by atoms with Gasteiger partial charge < -0.3 is 15.7 Å². The molecule has 2 rings (SSSR count). The highest BCUT2D eigenvalue weighted by atomic mass is 16.3. The van der Waals surface area contributed by atoms with Gasteiger partial charge in [0.2, 0.25) is 5.91 Å². The van der Waals surface area contributed by atoms with Crippen LogP contribution in [0.1, 0.15) is 50.2 Å². The summed E-state index contributed by atoms with van der Waals surface area (Å²) in [6.07, 6.45) is 2.96. The van der Waals surface area contributed by atoms with Gasteiger partial charge in [0.25, 0.3) is 0 Å². The van der Waals surface area contributed by atoms with Crippen LogP contribution >= 0.6 is 0 Å². The molecule has 1 fully saturated rings. The molecule has 0 bridgehead atoms. The first-order valence-corrected chi connectivity index (χ1v) is 8.27. The molecule has 1 aromatic rings. The molecule has 1 heterocycles. The van der Waals surface area contributed by atoms with Crippen LogP contribution < -0.4 is 10.6 Å². The zero-order chi connectivity index (χ0) is 16.0. The van der Waals surface area contributed by atoms with E-state index in [1.165, 1.54) is 11.1 Å². The third-order valence-corrected chi connectivity index (χ3v) is 4.35. The van der Waals surface area contributed by atoms with Gasteiger partial charge in [-0.3, -0.25) is 4.79 Å². The molecule has 3 N–H and O–H groups in total. The van der Waals surface area contributed by atoms with E-state index in [0.717, 1.165) is 19.4 Å². The minimum absolute atomic E-state index is 0.0270. The zero-order valence-electron chi connectivity index (χ0n) is 13.7. The lowest BCUT2D eigenvalue weighted by atomic mass is 10.00. The SMILES string of the molecule is CC(C)c1ccc(CCCC(=O)NC[C@]2(O)CCNC2)cc1. The fourth-order valence-electron chi connectivity index (χ4n) is 2.76. The maximum atomic E-state index is 11.8. The number of β-amino-alcohol motifs (C(OH)–C–C–N with tert-alkyl or cyclic N) is 1. The van der Waals surface area contributed by atoms with Gasteiger partial charge in [-0.05, 0) is 42.9 Å². The van der Waals surface area contributed by atoms with Gasteiger partial charge in [0.1, 0.15) is 0 Å². The van der Waals surface area contributed by atoms with Crippen molar-refractivity contribution in [2.45, 2.75) is 51.0 Å². The molecule has 1 amide bonds. The van der Waals surface area contributed by atoms with Crippen LogP contribution in [0, 0.1) is 0 Å². The number of aliphatic hydroxyl groups is 1. The molecule has 1 saturated heterocycles. The van der Waals surface area contributed by atoms with Crippen molar-refractivity contribution in [2.24, 2.45) is 0 Å². The van der Waals surface area contributed by atoms with Crippen molar-refractivity contribution in [3.63, 3.8) is 0 Å². The summed E-state index contributed by atoms with van der Waals surface area (Å²) in [5, 5.41) is 16.1. The maximum Gasteiger partial charge on any atom is 0.220 e. The quantitative estimate of drug-likeness (QED) is 0.722. The summed E-state index contributed by atoms with van der Waals surface area (Å²) in [6.45, 7) is 6.11. The summed E-state index contributed by atoms with van der Waals surface area (Å²) >= 11 is 0. The Kier molecular flexibility index (Phi) is 5.98. The lowest BCUT2D eigenvalue weighted by Crippen LogP contribution is -2.44. The average molecular weight is 304 g/mol. The summed E-state index contributed by atoms with van der Waals surface area (Å²) in [5.74, 6) is 0.579. The molecule has 0 aromatic heterocycles. The van der Waals surface area contributed by atoms with E-state index in [2.05, 4.69) is 48.7 Å². The molecule has 1 aliphatic heterocycles. The van der Waals surface area contributed by atoms with E-state index >= 15 is 0 Å².